The van der Waals surface area contributed by atoms with Crippen LogP contribution in [0.4, 0.5) is 0 Å². The van der Waals surface area contributed by atoms with E-state index in [1.807, 2.05) is 19.8 Å². The first kappa shape index (κ1) is 15.7. The fourth-order valence-electron chi connectivity index (χ4n) is 2.11. The second kappa shape index (κ2) is 6.37. The summed E-state index contributed by atoms with van der Waals surface area (Å²) < 4.78 is 0. The van der Waals surface area contributed by atoms with E-state index in [4.69, 9.17) is 0 Å². The molecule has 1 aromatic heterocycles. The molecule has 0 radical (unpaired) electrons. The van der Waals surface area contributed by atoms with Gasteiger partial charge in [0.25, 0.3) is 0 Å². The molecule has 22 heavy (non-hydrogen) atoms. The highest BCUT2D eigenvalue weighted by molar-refractivity contribution is 5.97. The molecule has 0 saturated carbocycles. The van der Waals surface area contributed by atoms with Gasteiger partial charge >= 0.3 is 0 Å². The Morgan fingerprint density at radius 1 is 1.36 bits per heavy atom. The summed E-state index contributed by atoms with van der Waals surface area (Å²) in [5.41, 5.74) is 2.64. The number of aryl methyl sites for hydroxylation is 1. The van der Waals surface area contributed by atoms with Gasteiger partial charge in [0.15, 0.2) is 12.2 Å². The molecule has 6 nitrogen and oxygen atoms in total. The summed E-state index contributed by atoms with van der Waals surface area (Å²) in [6.07, 6.45) is 2.35. The average molecular weight is 298 g/mol. The quantitative estimate of drug-likeness (QED) is 0.677. The van der Waals surface area contributed by atoms with Crippen LogP contribution in [0.15, 0.2) is 29.0 Å². The van der Waals surface area contributed by atoms with Gasteiger partial charge in [-0.3, -0.25) is 9.78 Å². The molecule has 0 saturated heterocycles. The predicted octanol–water partition coefficient (Wildman–Crippen LogP) is 1.56. The zero-order chi connectivity index (χ0) is 16.3. The van der Waals surface area contributed by atoms with Crippen LogP contribution in [0.5, 0.6) is 0 Å². The molecule has 114 valence electrons. The number of hydrogen-bond acceptors (Lipinski definition) is 6. The lowest BCUT2D eigenvalue weighted by atomic mass is 10.1. The zero-order valence-corrected chi connectivity index (χ0v) is 13.0. The molecule has 6 heteroatoms. The van der Waals surface area contributed by atoms with E-state index < -0.39 is 0 Å². The van der Waals surface area contributed by atoms with Gasteiger partial charge in [-0.25, -0.2) is 9.79 Å². The molecule has 0 bridgehead atoms. The Kier molecular flexibility index (Phi) is 4.53. The molecule has 1 aromatic rings. The van der Waals surface area contributed by atoms with E-state index >= 15 is 0 Å². The molecule has 2 heterocycles. The summed E-state index contributed by atoms with van der Waals surface area (Å²) in [5.74, 6) is 2.53. The van der Waals surface area contributed by atoms with Crippen molar-refractivity contribution in [3.63, 3.8) is 0 Å². The molecule has 0 unspecified atom stereocenters. The number of nitrogens with zero attached hydrogens (tertiary/aromatic N) is 3. The van der Waals surface area contributed by atoms with Crippen molar-refractivity contribution in [3.8, 4) is 0 Å². The Bertz CT molecular complexity index is 713. The number of carbonyl (C=O) groups excluding carboxylic acids is 2. The number of nitrogens with one attached hydrogen (secondary N) is 1. The van der Waals surface area contributed by atoms with Crippen LogP contribution >= 0.6 is 0 Å². The van der Waals surface area contributed by atoms with E-state index in [9.17, 15) is 9.59 Å². The fourth-order valence-corrected chi connectivity index (χ4v) is 2.11. The summed E-state index contributed by atoms with van der Waals surface area (Å²) in [5, 5.41) is 3.16. The number of aromatic nitrogens is 1. The van der Waals surface area contributed by atoms with Crippen LogP contribution in [0, 0.1) is 6.92 Å². The number of rotatable bonds is 3. The van der Waals surface area contributed by atoms with Crippen LogP contribution < -0.4 is 5.32 Å². The summed E-state index contributed by atoms with van der Waals surface area (Å²) in [6.45, 7) is 5.73. The van der Waals surface area contributed by atoms with Gasteiger partial charge < -0.3 is 10.2 Å². The molecular formula is C16H18N4O2. The highest BCUT2D eigenvalue weighted by Gasteiger charge is 2.23. The number of allylic oxidation sites excluding steroid dienone is 1. The van der Waals surface area contributed by atoms with Crippen LogP contribution in [-0.2, 0) is 4.79 Å². The molecule has 0 amide bonds. The third-order valence-electron chi connectivity index (χ3n) is 3.27. The number of aliphatic imine (C=N–C) groups is 1. The molecule has 1 aliphatic heterocycles. The maximum atomic E-state index is 11.4. The summed E-state index contributed by atoms with van der Waals surface area (Å²) in [7, 11) is 1.74. The topological polar surface area (TPSA) is 74.7 Å². The second-order valence-electron chi connectivity index (χ2n) is 5.29. The molecular weight excluding hydrogens is 280 g/mol. The Hall–Kier alpha value is -2.72. The number of guanidine groups is 1. The molecule has 0 aromatic carbocycles. The lowest BCUT2D eigenvalue weighted by Gasteiger charge is -2.27. The smallest absolute Gasteiger partial charge is 0.203 e. The Morgan fingerprint density at radius 2 is 2.09 bits per heavy atom. The Morgan fingerprint density at radius 3 is 2.64 bits per heavy atom. The molecule has 0 aliphatic carbocycles. The number of carbonyl (C=O) groups is 1. The summed E-state index contributed by atoms with van der Waals surface area (Å²) >= 11 is 0. The van der Waals surface area contributed by atoms with Gasteiger partial charge in [-0.1, -0.05) is 0 Å². The largest absolute Gasteiger partial charge is 0.353 e. The van der Waals surface area contributed by atoms with Crippen LogP contribution in [0.2, 0.25) is 0 Å². The van der Waals surface area contributed by atoms with Crippen molar-refractivity contribution >= 4 is 23.8 Å². The second-order valence-corrected chi connectivity index (χ2v) is 5.29. The first-order valence-corrected chi connectivity index (χ1v) is 6.94. The van der Waals surface area contributed by atoms with E-state index in [0.717, 1.165) is 6.29 Å². The average Bonchev–Trinajstić information content (AvgIpc) is 2.48. The Balaban J connectivity index is 2.47. The molecule has 1 N–H and O–H groups in total. The number of likely N-dealkylation sites (N-methyl/N-ethyl adjacent to an activating group) is 1. The monoisotopic (exact) mass is 298 g/mol. The maximum Gasteiger partial charge on any atom is 0.203 e. The first-order valence-electron chi connectivity index (χ1n) is 6.94. The van der Waals surface area contributed by atoms with Gasteiger partial charge in [0, 0.05) is 30.5 Å². The van der Waals surface area contributed by atoms with E-state index in [0.29, 0.717) is 34.2 Å². The lowest BCUT2D eigenvalue weighted by molar-refractivity contribution is 0.112. The van der Waals surface area contributed by atoms with Crippen LogP contribution in [-0.4, -0.2) is 41.2 Å². The minimum Gasteiger partial charge on any atom is -0.353 e. The molecule has 0 fully saturated rings. The van der Waals surface area contributed by atoms with Gasteiger partial charge in [-0.2, -0.15) is 0 Å². The third-order valence-corrected chi connectivity index (χ3v) is 3.27. The van der Waals surface area contributed by atoms with Crippen LogP contribution in [0.1, 0.15) is 35.6 Å². The highest BCUT2D eigenvalue weighted by atomic mass is 16.1. The fraction of sp³-hybridized carbons (Fsp3) is 0.312. The predicted molar refractivity (Wildman–Crippen MR) is 85.0 cm³/mol. The van der Waals surface area contributed by atoms with Crippen molar-refractivity contribution in [1.82, 2.24) is 15.2 Å². The third kappa shape index (κ3) is 2.97. The molecule has 1 aliphatic rings. The Labute approximate surface area is 129 Å². The lowest BCUT2D eigenvalue weighted by Crippen LogP contribution is -2.43. The van der Waals surface area contributed by atoms with E-state index in [1.54, 1.807) is 37.2 Å². The van der Waals surface area contributed by atoms with Crippen molar-refractivity contribution in [2.24, 2.45) is 4.99 Å². The standard InChI is InChI=1S/C16H18N4O2/c1-10(2)18-16-17-7-13(15(9-22)20(16)4)14-6-5-12(8-21)11(3)19-14/h5-8,10H,1-4H3,(H,17,18). The van der Waals surface area contributed by atoms with Gasteiger partial charge in [0.2, 0.25) is 5.96 Å². The SMILES string of the molecule is Cc1nc(C2=CN=C(NC(C)C)N(C)C2=C=O)ccc1C=O. The minimum absolute atomic E-state index is 0.191. The molecule has 2 rings (SSSR count). The van der Waals surface area contributed by atoms with Crippen molar-refractivity contribution < 1.29 is 9.59 Å². The van der Waals surface area contributed by atoms with Crippen molar-refractivity contribution in [1.29, 1.82) is 0 Å². The van der Waals surface area contributed by atoms with Crippen molar-refractivity contribution in [2.75, 3.05) is 7.05 Å². The minimum atomic E-state index is 0.191. The van der Waals surface area contributed by atoms with E-state index in [-0.39, 0.29) is 6.04 Å². The van der Waals surface area contributed by atoms with E-state index in [1.165, 1.54) is 0 Å². The van der Waals surface area contributed by atoms with Gasteiger partial charge in [-0.15, -0.1) is 0 Å². The number of aldehydes is 1. The molecule has 0 atom stereocenters. The molecule has 0 spiro atoms. The first-order chi connectivity index (χ1) is 10.5. The summed E-state index contributed by atoms with van der Waals surface area (Å²) in [4.78, 5) is 32.6. The maximum absolute atomic E-state index is 11.4. The van der Waals surface area contributed by atoms with Crippen molar-refractivity contribution in [3.05, 3.63) is 41.0 Å². The van der Waals surface area contributed by atoms with Gasteiger partial charge in [-0.05, 0) is 32.9 Å². The highest BCUT2D eigenvalue weighted by Crippen LogP contribution is 2.26. The number of hydrogen-bond donors (Lipinski definition) is 1. The zero-order valence-electron chi connectivity index (χ0n) is 13.0. The van der Waals surface area contributed by atoms with Gasteiger partial charge in [0.1, 0.15) is 5.70 Å². The van der Waals surface area contributed by atoms with Crippen LogP contribution in [0.3, 0.4) is 0 Å². The summed E-state index contributed by atoms with van der Waals surface area (Å²) in [6, 6.07) is 3.57. The van der Waals surface area contributed by atoms with Gasteiger partial charge in [0.05, 0.1) is 11.3 Å². The van der Waals surface area contributed by atoms with E-state index in [2.05, 4.69) is 15.3 Å². The van der Waals surface area contributed by atoms with Crippen molar-refractivity contribution in [2.45, 2.75) is 26.8 Å². The van der Waals surface area contributed by atoms with Crippen LogP contribution in [0.25, 0.3) is 5.57 Å². The number of pyridine rings is 1. The normalized spacial score (nSPS) is 14.4.